The fraction of sp³-hybridized carbons (Fsp3) is 0.571. The fourth-order valence-corrected chi connectivity index (χ4v) is 0.275. The van der Waals surface area contributed by atoms with Crippen LogP contribution in [-0.4, -0.2) is 45.3 Å². The van der Waals surface area contributed by atoms with E-state index in [0.29, 0.717) is 0 Å². The molecule has 0 saturated heterocycles. The number of aliphatic carboxylic acids is 3. The Morgan fingerprint density at radius 1 is 1.07 bits per heavy atom. The quantitative estimate of drug-likeness (QED) is 0.375. The van der Waals surface area contributed by atoms with Gasteiger partial charge in [0.1, 0.15) is 12.1 Å². The zero-order chi connectivity index (χ0) is 12.6. The summed E-state index contributed by atoms with van der Waals surface area (Å²) in [5.41, 5.74) is 9.67. The van der Waals surface area contributed by atoms with Crippen molar-refractivity contribution in [3.63, 3.8) is 0 Å². The highest BCUT2D eigenvalue weighted by molar-refractivity contribution is 5.80. The van der Waals surface area contributed by atoms with Gasteiger partial charge in [-0.3, -0.25) is 14.4 Å². The van der Waals surface area contributed by atoms with Gasteiger partial charge in [-0.2, -0.15) is 0 Å². The third kappa shape index (κ3) is 12.3. The van der Waals surface area contributed by atoms with Crippen molar-refractivity contribution in [3.05, 3.63) is 0 Å². The average molecular weight is 222 g/mol. The topological polar surface area (TPSA) is 164 Å². The van der Waals surface area contributed by atoms with Crippen molar-refractivity contribution < 1.29 is 29.7 Å². The summed E-state index contributed by atoms with van der Waals surface area (Å²) in [6.45, 7) is 1.42. The molecule has 0 aliphatic rings. The highest BCUT2D eigenvalue weighted by Gasteiger charge is 2.14. The van der Waals surface area contributed by atoms with Crippen LogP contribution < -0.4 is 11.5 Å². The van der Waals surface area contributed by atoms with Crippen LogP contribution in [0.3, 0.4) is 0 Å². The minimum Gasteiger partial charge on any atom is -0.481 e. The van der Waals surface area contributed by atoms with Gasteiger partial charge in [0.05, 0.1) is 6.42 Å². The summed E-state index contributed by atoms with van der Waals surface area (Å²) in [6, 6.07) is -2.02. The second kappa shape index (κ2) is 7.71. The summed E-state index contributed by atoms with van der Waals surface area (Å²) in [5, 5.41) is 23.9. The molecule has 15 heavy (non-hydrogen) atoms. The molecule has 0 spiro atoms. The van der Waals surface area contributed by atoms with Gasteiger partial charge in [0.15, 0.2) is 0 Å². The predicted octanol–water partition coefficient (Wildman–Crippen LogP) is -1.71. The van der Waals surface area contributed by atoms with Gasteiger partial charge in [0, 0.05) is 0 Å². The summed E-state index contributed by atoms with van der Waals surface area (Å²) in [6.07, 6.45) is -0.532. The molecule has 0 fully saturated rings. The smallest absolute Gasteiger partial charge is 0.321 e. The van der Waals surface area contributed by atoms with E-state index < -0.39 is 36.4 Å². The summed E-state index contributed by atoms with van der Waals surface area (Å²) < 4.78 is 0. The molecule has 7 N–H and O–H groups in total. The Kier molecular flexibility index (Phi) is 8.11. The first-order valence-corrected chi connectivity index (χ1v) is 3.87. The molecule has 8 nitrogen and oxygen atoms in total. The van der Waals surface area contributed by atoms with Gasteiger partial charge >= 0.3 is 17.9 Å². The predicted molar refractivity (Wildman–Crippen MR) is 49.1 cm³/mol. The summed E-state index contributed by atoms with van der Waals surface area (Å²) in [5.74, 6) is -3.46. The van der Waals surface area contributed by atoms with Gasteiger partial charge in [0.2, 0.25) is 0 Å². The summed E-state index contributed by atoms with van der Waals surface area (Å²) in [4.78, 5) is 29.2. The molecule has 0 unspecified atom stereocenters. The Labute approximate surface area is 85.5 Å². The number of rotatable bonds is 4. The van der Waals surface area contributed by atoms with Gasteiger partial charge in [0.25, 0.3) is 0 Å². The lowest BCUT2D eigenvalue weighted by Crippen LogP contribution is -2.32. The molecule has 0 aromatic carbocycles. The van der Waals surface area contributed by atoms with E-state index in [4.69, 9.17) is 26.8 Å². The molecule has 0 aromatic rings. The van der Waals surface area contributed by atoms with Gasteiger partial charge in [-0.15, -0.1) is 0 Å². The lowest BCUT2D eigenvalue weighted by atomic mass is 10.2. The first-order valence-electron chi connectivity index (χ1n) is 3.87. The van der Waals surface area contributed by atoms with Crippen molar-refractivity contribution in [3.8, 4) is 0 Å². The van der Waals surface area contributed by atoms with Crippen molar-refractivity contribution in [2.24, 2.45) is 11.5 Å². The molecule has 0 aliphatic carbocycles. The fourth-order valence-electron chi connectivity index (χ4n) is 0.275. The van der Waals surface area contributed by atoms with E-state index >= 15 is 0 Å². The lowest BCUT2D eigenvalue weighted by molar-refractivity contribution is -0.144. The monoisotopic (exact) mass is 222 g/mol. The largest absolute Gasteiger partial charge is 0.481 e. The van der Waals surface area contributed by atoms with Crippen molar-refractivity contribution in [1.29, 1.82) is 0 Å². The molecular weight excluding hydrogens is 208 g/mol. The Hall–Kier alpha value is -1.67. The third-order valence-corrected chi connectivity index (χ3v) is 1.10. The first-order chi connectivity index (χ1) is 6.68. The zero-order valence-corrected chi connectivity index (χ0v) is 8.08. The zero-order valence-electron chi connectivity index (χ0n) is 8.08. The van der Waals surface area contributed by atoms with Crippen LogP contribution in [0.5, 0.6) is 0 Å². The highest BCUT2D eigenvalue weighted by Crippen LogP contribution is 1.86. The first kappa shape index (κ1) is 15.8. The highest BCUT2D eigenvalue weighted by atomic mass is 16.4. The van der Waals surface area contributed by atoms with Gasteiger partial charge in [-0.05, 0) is 6.92 Å². The molecule has 0 saturated carbocycles. The van der Waals surface area contributed by atoms with E-state index in [0.717, 1.165) is 0 Å². The number of hydrogen-bond donors (Lipinski definition) is 5. The van der Waals surface area contributed by atoms with Crippen molar-refractivity contribution >= 4 is 17.9 Å². The number of hydrogen-bond acceptors (Lipinski definition) is 5. The maximum absolute atomic E-state index is 9.85. The number of nitrogens with two attached hydrogens (primary N) is 2. The van der Waals surface area contributed by atoms with E-state index in [1.807, 2.05) is 0 Å². The molecule has 0 bridgehead atoms. The number of carboxylic acid groups (broad SMARTS) is 3. The molecule has 0 heterocycles. The summed E-state index contributed by atoms with van der Waals surface area (Å²) in [7, 11) is 0. The minimum absolute atomic E-state index is 0.532. The summed E-state index contributed by atoms with van der Waals surface area (Å²) >= 11 is 0. The molecule has 88 valence electrons. The van der Waals surface area contributed by atoms with Gasteiger partial charge in [-0.25, -0.2) is 0 Å². The molecule has 8 heteroatoms. The lowest BCUT2D eigenvalue weighted by Gasteiger charge is -1.99. The van der Waals surface area contributed by atoms with E-state index in [1.54, 1.807) is 0 Å². The maximum atomic E-state index is 9.85. The molecule has 0 rings (SSSR count). The maximum Gasteiger partial charge on any atom is 0.321 e. The Balaban J connectivity index is 0. The molecular formula is C7H14N2O6. The normalized spacial score (nSPS) is 13.0. The van der Waals surface area contributed by atoms with E-state index in [1.165, 1.54) is 6.92 Å². The van der Waals surface area contributed by atoms with Crippen LogP contribution in [0.2, 0.25) is 0 Å². The number of carbonyl (C=O) groups is 3. The van der Waals surface area contributed by atoms with Crippen LogP contribution in [0.1, 0.15) is 13.3 Å². The minimum atomic E-state index is -1.29. The van der Waals surface area contributed by atoms with Crippen molar-refractivity contribution in [2.75, 3.05) is 0 Å². The SMILES string of the molecule is C[C@@H](N)C(=O)O.N[C@@H](CC(=O)O)C(=O)O. The Morgan fingerprint density at radius 3 is 1.47 bits per heavy atom. The molecule has 0 radical (unpaired) electrons. The standard InChI is InChI=1S/C4H7NO4.C3H7NO2/c5-2(4(8)9)1-3(6)7;1-2(4)3(5)6/h2H,1,5H2,(H,6,7)(H,8,9);2H,4H2,1H3,(H,5,6)/t2*2-/m01/s1. The van der Waals surface area contributed by atoms with Crippen LogP contribution in [0.4, 0.5) is 0 Å². The van der Waals surface area contributed by atoms with Gasteiger partial charge < -0.3 is 26.8 Å². The molecule has 0 amide bonds. The molecule has 2 atom stereocenters. The second-order valence-electron chi connectivity index (χ2n) is 2.67. The van der Waals surface area contributed by atoms with Crippen LogP contribution in [0.25, 0.3) is 0 Å². The second-order valence-corrected chi connectivity index (χ2v) is 2.67. The van der Waals surface area contributed by atoms with Gasteiger partial charge in [-0.1, -0.05) is 0 Å². The van der Waals surface area contributed by atoms with Crippen molar-refractivity contribution in [2.45, 2.75) is 25.4 Å². The average Bonchev–Trinajstić information content (AvgIpc) is 2.03. The van der Waals surface area contributed by atoms with Crippen molar-refractivity contribution in [1.82, 2.24) is 0 Å². The van der Waals surface area contributed by atoms with Crippen LogP contribution in [0, 0.1) is 0 Å². The Morgan fingerprint density at radius 2 is 1.40 bits per heavy atom. The van der Waals surface area contributed by atoms with E-state index in [9.17, 15) is 14.4 Å². The molecule has 0 aliphatic heterocycles. The van der Waals surface area contributed by atoms with Crippen LogP contribution in [0.15, 0.2) is 0 Å². The van der Waals surface area contributed by atoms with E-state index in [2.05, 4.69) is 0 Å². The number of carboxylic acids is 3. The Bertz CT molecular complexity index is 240. The van der Waals surface area contributed by atoms with E-state index in [-0.39, 0.29) is 0 Å². The molecule has 0 aromatic heterocycles. The third-order valence-electron chi connectivity index (χ3n) is 1.10. The van der Waals surface area contributed by atoms with Crippen LogP contribution >= 0.6 is 0 Å². The van der Waals surface area contributed by atoms with Crippen LogP contribution in [-0.2, 0) is 14.4 Å².